The fourth-order valence-corrected chi connectivity index (χ4v) is 4.46. The van der Waals surface area contributed by atoms with Gasteiger partial charge in [0.15, 0.2) is 5.82 Å². The number of fused-ring (bicyclic) bond motifs is 1. The fourth-order valence-electron chi connectivity index (χ4n) is 4.46. The van der Waals surface area contributed by atoms with Crippen LogP contribution >= 0.6 is 0 Å². The van der Waals surface area contributed by atoms with Gasteiger partial charge in [0, 0.05) is 63.5 Å². The van der Waals surface area contributed by atoms with E-state index < -0.39 is 0 Å². The van der Waals surface area contributed by atoms with Crippen LogP contribution in [0.3, 0.4) is 0 Å². The van der Waals surface area contributed by atoms with E-state index >= 15 is 0 Å². The van der Waals surface area contributed by atoms with Gasteiger partial charge in [-0.05, 0) is 25.0 Å². The number of hydrogen-bond donors (Lipinski definition) is 1. The Morgan fingerprint density at radius 1 is 1.10 bits per heavy atom. The molecule has 1 amide bonds. The largest absolute Gasteiger partial charge is 0.382 e. The quantitative estimate of drug-likeness (QED) is 0.794. The smallest absolute Gasteiger partial charge is 0.236 e. The van der Waals surface area contributed by atoms with Gasteiger partial charge < -0.3 is 10.6 Å². The van der Waals surface area contributed by atoms with Gasteiger partial charge in [-0.15, -0.1) is 10.2 Å². The summed E-state index contributed by atoms with van der Waals surface area (Å²) >= 11 is 0. The molecule has 2 aromatic rings. The molecule has 2 fully saturated rings. The number of piperazine rings is 1. The predicted octanol–water partition coefficient (Wildman–Crippen LogP) is 0.299. The highest BCUT2D eigenvalue weighted by molar-refractivity contribution is 5.78. The van der Waals surface area contributed by atoms with Crippen molar-refractivity contribution in [3.05, 3.63) is 29.6 Å². The Hall–Kier alpha value is -2.52. The Morgan fingerprint density at radius 3 is 2.62 bits per heavy atom. The van der Waals surface area contributed by atoms with E-state index in [9.17, 15) is 4.79 Å². The van der Waals surface area contributed by atoms with Gasteiger partial charge in [0.05, 0.1) is 12.2 Å². The molecule has 3 aliphatic rings. The van der Waals surface area contributed by atoms with Crippen LogP contribution in [0, 0.1) is 0 Å². The first-order chi connectivity index (χ1) is 14.2. The molecular formula is C20H28N8O. The fraction of sp³-hybridized carbons (Fsp3) is 0.600. The molecular weight excluding hydrogens is 368 g/mol. The molecule has 9 nitrogen and oxygen atoms in total. The van der Waals surface area contributed by atoms with Crippen molar-refractivity contribution in [2.75, 3.05) is 45.0 Å². The molecule has 0 atom stereocenters. The Morgan fingerprint density at radius 2 is 1.93 bits per heavy atom. The van der Waals surface area contributed by atoms with Crippen LogP contribution in [-0.2, 0) is 17.8 Å². The van der Waals surface area contributed by atoms with E-state index in [1.165, 1.54) is 19.3 Å². The molecule has 2 aromatic heterocycles. The highest BCUT2D eigenvalue weighted by Gasteiger charge is 2.30. The molecule has 9 heteroatoms. The van der Waals surface area contributed by atoms with Gasteiger partial charge in [0.2, 0.25) is 5.91 Å². The number of rotatable bonds is 4. The summed E-state index contributed by atoms with van der Waals surface area (Å²) < 4.78 is 1.75. The lowest BCUT2D eigenvalue weighted by Crippen LogP contribution is -2.55. The van der Waals surface area contributed by atoms with E-state index in [1.807, 2.05) is 17.2 Å². The van der Waals surface area contributed by atoms with Crippen LogP contribution in [0.15, 0.2) is 18.3 Å². The zero-order chi connectivity index (χ0) is 19.8. The van der Waals surface area contributed by atoms with Gasteiger partial charge in [0.1, 0.15) is 5.82 Å². The summed E-state index contributed by atoms with van der Waals surface area (Å²) in [6, 6.07) is 4.30. The minimum Gasteiger partial charge on any atom is -0.382 e. The zero-order valence-electron chi connectivity index (χ0n) is 16.7. The first kappa shape index (κ1) is 18.5. The maximum Gasteiger partial charge on any atom is 0.236 e. The van der Waals surface area contributed by atoms with Crippen LogP contribution in [0.5, 0.6) is 0 Å². The van der Waals surface area contributed by atoms with Crippen molar-refractivity contribution in [3.8, 4) is 5.82 Å². The van der Waals surface area contributed by atoms with E-state index in [2.05, 4.69) is 25.1 Å². The number of nitrogens with zero attached hydrogens (tertiary/aromatic N) is 7. The Labute approximate surface area is 170 Å². The van der Waals surface area contributed by atoms with Gasteiger partial charge >= 0.3 is 0 Å². The van der Waals surface area contributed by atoms with Gasteiger partial charge in [-0.25, -0.2) is 4.68 Å². The Balaban J connectivity index is 1.17. The lowest BCUT2D eigenvalue weighted by molar-refractivity contribution is -0.135. The molecule has 0 aromatic carbocycles. The van der Waals surface area contributed by atoms with E-state index in [1.54, 1.807) is 10.7 Å². The summed E-state index contributed by atoms with van der Waals surface area (Å²) in [6.07, 6.45) is 6.86. The summed E-state index contributed by atoms with van der Waals surface area (Å²) in [5.41, 5.74) is 7.83. The van der Waals surface area contributed by atoms with Gasteiger partial charge in [-0.1, -0.05) is 6.42 Å². The van der Waals surface area contributed by atoms with E-state index in [-0.39, 0.29) is 5.91 Å². The molecule has 2 aliphatic heterocycles. The molecule has 0 bridgehead atoms. The van der Waals surface area contributed by atoms with Crippen molar-refractivity contribution >= 4 is 11.7 Å². The third-order valence-corrected chi connectivity index (χ3v) is 6.46. The molecule has 5 rings (SSSR count). The van der Waals surface area contributed by atoms with Crippen LogP contribution in [0.1, 0.15) is 30.5 Å². The van der Waals surface area contributed by atoms with Crippen LogP contribution in [0.2, 0.25) is 0 Å². The van der Waals surface area contributed by atoms with Crippen LogP contribution in [0.4, 0.5) is 5.82 Å². The van der Waals surface area contributed by atoms with Crippen molar-refractivity contribution in [1.82, 2.24) is 34.7 Å². The molecule has 4 heterocycles. The summed E-state index contributed by atoms with van der Waals surface area (Å²) in [5.74, 6) is 1.29. The molecule has 1 aliphatic carbocycles. The van der Waals surface area contributed by atoms with E-state index in [0.29, 0.717) is 18.2 Å². The second kappa shape index (κ2) is 7.72. The molecule has 154 valence electrons. The van der Waals surface area contributed by atoms with Gasteiger partial charge in [-0.3, -0.25) is 14.6 Å². The number of amides is 1. The van der Waals surface area contributed by atoms with Crippen molar-refractivity contribution in [2.24, 2.45) is 0 Å². The van der Waals surface area contributed by atoms with E-state index in [4.69, 9.17) is 5.73 Å². The Bertz CT molecular complexity index is 867. The second-order valence-corrected chi connectivity index (χ2v) is 8.32. The highest BCUT2D eigenvalue weighted by Crippen LogP contribution is 2.25. The van der Waals surface area contributed by atoms with Crippen molar-refractivity contribution in [2.45, 2.75) is 38.3 Å². The third-order valence-electron chi connectivity index (χ3n) is 6.46. The zero-order valence-corrected chi connectivity index (χ0v) is 16.7. The van der Waals surface area contributed by atoms with Gasteiger partial charge in [0.25, 0.3) is 0 Å². The van der Waals surface area contributed by atoms with Crippen molar-refractivity contribution in [1.29, 1.82) is 0 Å². The summed E-state index contributed by atoms with van der Waals surface area (Å²) in [7, 11) is 0. The SMILES string of the molecule is Nc1ccc(-n2cc3c(n2)CCN(CC(=O)N2CCN(C4CCC4)CC2)C3)nn1. The minimum atomic E-state index is 0.249. The number of anilines is 1. The van der Waals surface area contributed by atoms with Crippen molar-refractivity contribution < 1.29 is 4.79 Å². The molecule has 1 saturated heterocycles. The van der Waals surface area contributed by atoms with Crippen LogP contribution < -0.4 is 5.73 Å². The molecule has 0 radical (unpaired) electrons. The molecule has 0 spiro atoms. The molecule has 1 saturated carbocycles. The standard InChI is InChI=1S/C20H28N8O/c21-18-4-5-19(23-22-18)28-13-15-12-25(7-6-17(15)24-28)14-20(29)27-10-8-26(9-11-27)16-2-1-3-16/h4-5,13,16H,1-3,6-12,14H2,(H2,21,22). The highest BCUT2D eigenvalue weighted by atomic mass is 16.2. The number of hydrogen-bond acceptors (Lipinski definition) is 7. The maximum atomic E-state index is 12.8. The average molecular weight is 396 g/mol. The van der Waals surface area contributed by atoms with Gasteiger partial charge in [-0.2, -0.15) is 5.10 Å². The van der Waals surface area contributed by atoms with Crippen molar-refractivity contribution in [3.63, 3.8) is 0 Å². The summed E-state index contributed by atoms with van der Waals surface area (Å²) in [5, 5.41) is 12.6. The normalized spacial score (nSPS) is 21.0. The summed E-state index contributed by atoms with van der Waals surface area (Å²) in [6.45, 7) is 5.85. The number of nitrogen functional groups attached to an aromatic ring is 1. The number of nitrogens with two attached hydrogens (primary N) is 1. The second-order valence-electron chi connectivity index (χ2n) is 8.32. The lowest BCUT2D eigenvalue weighted by atomic mass is 9.91. The monoisotopic (exact) mass is 396 g/mol. The van der Waals surface area contributed by atoms with Crippen LogP contribution in [-0.4, -0.2) is 85.9 Å². The number of aromatic nitrogens is 4. The topological polar surface area (TPSA) is 96.4 Å². The molecule has 0 unspecified atom stereocenters. The average Bonchev–Trinajstić information content (AvgIpc) is 3.11. The maximum absolute atomic E-state index is 12.8. The predicted molar refractivity (Wildman–Crippen MR) is 108 cm³/mol. The first-order valence-electron chi connectivity index (χ1n) is 10.6. The first-order valence-corrected chi connectivity index (χ1v) is 10.6. The lowest BCUT2D eigenvalue weighted by Gasteiger charge is -2.43. The minimum absolute atomic E-state index is 0.249. The van der Waals surface area contributed by atoms with E-state index in [0.717, 1.165) is 63.0 Å². The Kier molecular flexibility index (Phi) is 4.92. The number of carbonyl (C=O) groups excluding carboxylic acids is 1. The summed E-state index contributed by atoms with van der Waals surface area (Å²) in [4.78, 5) is 19.6. The number of carbonyl (C=O) groups is 1. The van der Waals surface area contributed by atoms with Crippen LogP contribution in [0.25, 0.3) is 5.82 Å². The molecule has 2 N–H and O–H groups in total. The third kappa shape index (κ3) is 3.84. The molecule has 29 heavy (non-hydrogen) atoms.